The van der Waals surface area contributed by atoms with Gasteiger partial charge in [0.25, 0.3) is 0 Å². The number of carbonyl (C=O) groups is 2. The molecule has 2 aliphatic rings. The number of nitrogens with zero attached hydrogens (tertiary/aromatic N) is 2. The number of rotatable bonds is 5. The molecule has 2 fully saturated rings. The maximum atomic E-state index is 13.4. The Hall–Kier alpha value is -2.11. The molecule has 5 nitrogen and oxygen atoms in total. The van der Waals surface area contributed by atoms with Crippen LogP contribution in [0.3, 0.4) is 0 Å². The molecule has 3 rings (SSSR count). The molecule has 1 saturated heterocycles. The van der Waals surface area contributed by atoms with E-state index in [9.17, 15) is 14.0 Å². The minimum Gasteiger partial charge on any atom is -0.444 e. The predicted octanol–water partition coefficient (Wildman–Crippen LogP) is 4.74. The molecule has 166 valence electrons. The second-order valence-corrected chi connectivity index (χ2v) is 10.1. The number of amides is 2. The molecule has 1 aromatic carbocycles. The Bertz CT molecular complexity index is 766. The molecule has 0 radical (unpaired) electrons. The van der Waals surface area contributed by atoms with Gasteiger partial charge in [-0.15, -0.1) is 0 Å². The van der Waals surface area contributed by atoms with Gasteiger partial charge in [0.1, 0.15) is 11.4 Å². The van der Waals surface area contributed by atoms with E-state index < -0.39 is 11.0 Å². The van der Waals surface area contributed by atoms with Gasteiger partial charge in [-0.1, -0.05) is 12.1 Å². The fourth-order valence-electron chi connectivity index (χ4n) is 4.32. The fourth-order valence-corrected chi connectivity index (χ4v) is 4.32. The number of carbonyl (C=O) groups excluding carboxylic acids is 2. The van der Waals surface area contributed by atoms with Gasteiger partial charge in [-0.3, -0.25) is 4.79 Å². The lowest BCUT2D eigenvalue weighted by Gasteiger charge is -2.38. The summed E-state index contributed by atoms with van der Waals surface area (Å²) in [5.74, 6) is 0.0877. The van der Waals surface area contributed by atoms with E-state index in [1.165, 1.54) is 12.1 Å². The van der Waals surface area contributed by atoms with Crippen LogP contribution < -0.4 is 0 Å². The maximum Gasteiger partial charge on any atom is 0.410 e. The summed E-state index contributed by atoms with van der Waals surface area (Å²) in [5.41, 5.74) is -0.112. The highest BCUT2D eigenvalue weighted by Crippen LogP contribution is 2.50. The van der Waals surface area contributed by atoms with E-state index in [-0.39, 0.29) is 29.8 Å². The molecule has 1 unspecified atom stereocenters. The zero-order valence-electron chi connectivity index (χ0n) is 18.9. The topological polar surface area (TPSA) is 49.9 Å². The summed E-state index contributed by atoms with van der Waals surface area (Å²) in [7, 11) is 0. The number of likely N-dealkylation sites (tertiary alicyclic amines) is 1. The minimum absolute atomic E-state index is 0.0277. The maximum absolute atomic E-state index is 13.4. The third-order valence-electron chi connectivity index (χ3n) is 6.07. The first-order valence-electron chi connectivity index (χ1n) is 11.1. The third-order valence-corrected chi connectivity index (χ3v) is 6.07. The van der Waals surface area contributed by atoms with Crippen LogP contribution in [-0.2, 0) is 14.9 Å². The average Bonchev–Trinajstić information content (AvgIpc) is 3.46. The lowest BCUT2D eigenvalue weighted by molar-refractivity contribution is -0.136. The van der Waals surface area contributed by atoms with Crippen LogP contribution in [0.2, 0.25) is 0 Å². The summed E-state index contributed by atoms with van der Waals surface area (Å²) in [5, 5.41) is 0. The smallest absolute Gasteiger partial charge is 0.410 e. The Morgan fingerprint density at radius 1 is 1.23 bits per heavy atom. The number of piperidine rings is 1. The van der Waals surface area contributed by atoms with Crippen LogP contribution in [0, 0.1) is 11.7 Å². The molecule has 0 spiro atoms. The molecule has 2 amide bonds. The van der Waals surface area contributed by atoms with E-state index in [1.807, 2.05) is 39.5 Å². The summed E-state index contributed by atoms with van der Waals surface area (Å²) in [6, 6.07) is 6.38. The van der Waals surface area contributed by atoms with E-state index in [2.05, 4.69) is 0 Å². The molecule has 0 bridgehead atoms. The van der Waals surface area contributed by atoms with E-state index in [0.29, 0.717) is 13.1 Å². The summed E-state index contributed by atoms with van der Waals surface area (Å²) >= 11 is 0. The Labute approximate surface area is 179 Å². The van der Waals surface area contributed by atoms with Gasteiger partial charge >= 0.3 is 6.09 Å². The van der Waals surface area contributed by atoms with Crippen molar-refractivity contribution in [1.82, 2.24) is 9.80 Å². The summed E-state index contributed by atoms with van der Waals surface area (Å²) in [4.78, 5) is 29.8. The first kappa shape index (κ1) is 22.6. The van der Waals surface area contributed by atoms with E-state index in [0.717, 1.165) is 37.8 Å². The molecule has 6 heteroatoms. The normalized spacial score (nSPS) is 20.8. The van der Waals surface area contributed by atoms with Crippen LogP contribution in [0.4, 0.5) is 9.18 Å². The average molecular weight is 419 g/mol. The largest absolute Gasteiger partial charge is 0.444 e. The molecule has 1 aliphatic heterocycles. The second-order valence-electron chi connectivity index (χ2n) is 10.1. The van der Waals surface area contributed by atoms with Crippen LogP contribution in [-0.4, -0.2) is 53.1 Å². The first-order chi connectivity index (χ1) is 14.0. The minimum atomic E-state index is -0.535. The fraction of sp³-hybridized carbons (Fsp3) is 0.667. The summed E-state index contributed by atoms with van der Waals surface area (Å²) in [6.45, 7) is 11.6. The van der Waals surface area contributed by atoms with Crippen molar-refractivity contribution in [3.63, 3.8) is 0 Å². The predicted molar refractivity (Wildman–Crippen MR) is 115 cm³/mol. The van der Waals surface area contributed by atoms with Crippen LogP contribution in [0.5, 0.6) is 0 Å². The highest BCUT2D eigenvalue weighted by atomic mass is 19.1. The Morgan fingerprint density at radius 2 is 1.87 bits per heavy atom. The Morgan fingerprint density at radius 3 is 2.40 bits per heavy atom. The number of hydrogen-bond acceptors (Lipinski definition) is 3. The quantitative estimate of drug-likeness (QED) is 0.694. The third kappa shape index (κ3) is 5.13. The highest BCUT2D eigenvalue weighted by Gasteiger charge is 2.53. The van der Waals surface area contributed by atoms with Crippen molar-refractivity contribution >= 4 is 12.0 Å². The summed E-state index contributed by atoms with van der Waals surface area (Å²) in [6.07, 6.45) is 3.24. The van der Waals surface area contributed by atoms with Gasteiger partial charge in [0.05, 0.1) is 5.41 Å². The van der Waals surface area contributed by atoms with Crippen LogP contribution in [0.1, 0.15) is 65.9 Å². The van der Waals surface area contributed by atoms with Crippen molar-refractivity contribution in [2.24, 2.45) is 5.92 Å². The Kier molecular flexibility index (Phi) is 6.44. The zero-order valence-corrected chi connectivity index (χ0v) is 18.9. The van der Waals surface area contributed by atoms with Crippen molar-refractivity contribution < 1.29 is 18.7 Å². The van der Waals surface area contributed by atoms with E-state index in [1.54, 1.807) is 17.0 Å². The van der Waals surface area contributed by atoms with Crippen molar-refractivity contribution in [1.29, 1.82) is 0 Å². The molecule has 1 atom stereocenters. The molecule has 1 aromatic rings. The second kappa shape index (κ2) is 8.56. The zero-order chi connectivity index (χ0) is 22.1. The van der Waals surface area contributed by atoms with Gasteiger partial charge in [0.2, 0.25) is 5.91 Å². The van der Waals surface area contributed by atoms with E-state index in [4.69, 9.17) is 4.74 Å². The van der Waals surface area contributed by atoms with Crippen LogP contribution in [0.25, 0.3) is 0 Å². The van der Waals surface area contributed by atoms with Crippen molar-refractivity contribution in [2.75, 3.05) is 19.6 Å². The highest BCUT2D eigenvalue weighted by molar-refractivity contribution is 5.91. The van der Waals surface area contributed by atoms with Gasteiger partial charge in [0, 0.05) is 25.7 Å². The molecule has 1 saturated carbocycles. The van der Waals surface area contributed by atoms with Crippen molar-refractivity contribution in [2.45, 2.75) is 77.4 Å². The first-order valence-corrected chi connectivity index (χ1v) is 11.1. The lowest BCUT2D eigenvalue weighted by Crippen LogP contribution is -2.50. The van der Waals surface area contributed by atoms with Crippen molar-refractivity contribution in [3.8, 4) is 0 Å². The van der Waals surface area contributed by atoms with Crippen LogP contribution in [0.15, 0.2) is 24.3 Å². The lowest BCUT2D eigenvalue weighted by atomic mass is 9.91. The van der Waals surface area contributed by atoms with Gasteiger partial charge in [-0.05, 0) is 83.9 Å². The number of benzene rings is 1. The summed E-state index contributed by atoms with van der Waals surface area (Å²) < 4.78 is 18.9. The number of halogens is 1. The Balaban J connectivity index is 1.66. The van der Waals surface area contributed by atoms with E-state index >= 15 is 0 Å². The molecule has 1 aliphatic carbocycles. The van der Waals surface area contributed by atoms with Gasteiger partial charge in [0.15, 0.2) is 0 Å². The standard InChI is InChI=1S/C24H35FN2O3/c1-17(2)27(22(29)30-23(3,4)5)16-18-7-6-14-26(15-18)21(28)24(12-13-24)19-8-10-20(25)11-9-19/h8-11,17-18H,6-7,12-16H2,1-5H3. The number of ether oxygens (including phenoxy) is 1. The number of hydrogen-bond donors (Lipinski definition) is 0. The SMILES string of the molecule is CC(C)N(CC1CCCN(C(=O)C2(c3ccc(F)cc3)CC2)C1)C(=O)OC(C)(C)C. The molecular weight excluding hydrogens is 383 g/mol. The molecule has 30 heavy (non-hydrogen) atoms. The van der Waals surface area contributed by atoms with Crippen LogP contribution >= 0.6 is 0 Å². The molecular formula is C24H35FN2O3. The van der Waals surface area contributed by atoms with Gasteiger partial charge in [-0.2, -0.15) is 0 Å². The van der Waals surface area contributed by atoms with Gasteiger partial charge < -0.3 is 14.5 Å². The van der Waals surface area contributed by atoms with Gasteiger partial charge in [-0.25, -0.2) is 9.18 Å². The van der Waals surface area contributed by atoms with Crippen molar-refractivity contribution in [3.05, 3.63) is 35.6 Å². The monoisotopic (exact) mass is 418 g/mol. The molecule has 0 N–H and O–H groups in total. The molecule has 0 aromatic heterocycles. The molecule has 1 heterocycles.